The Morgan fingerprint density at radius 2 is 2.10 bits per heavy atom. The molecule has 114 valence electrons. The molecule has 1 atom stereocenters. The molecule has 0 bridgehead atoms. The Labute approximate surface area is 125 Å². The number of rotatable bonds is 7. The van der Waals surface area contributed by atoms with Gasteiger partial charge in [-0.05, 0) is 30.2 Å². The number of hydrogen-bond donors (Lipinski definition) is 1. The Kier molecular flexibility index (Phi) is 5.44. The molecule has 0 aliphatic heterocycles. The predicted octanol–water partition coefficient (Wildman–Crippen LogP) is 2.53. The first-order chi connectivity index (χ1) is 10.0. The van der Waals surface area contributed by atoms with E-state index >= 15 is 0 Å². The molecule has 0 fully saturated rings. The summed E-state index contributed by atoms with van der Waals surface area (Å²) in [7, 11) is 1.85. The van der Waals surface area contributed by atoms with Crippen LogP contribution in [0.15, 0.2) is 30.5 Å². The van der Waals surface area contributed by atoms with Crippen molar-refractivity contribution in [2.45, 2.75) is 26.2 Å². The molecule has 21 heavy (non-hydrogen) atoms. The van der Waals surface area contributed by atoms with Gasteiger partial charge < -0.3 is 5.32 Å². The molecule has 5 heteroatoms. The SMILES string of the molecule is CC(C)CNCC(Cc1cn(C)nn1)c1cccc(F)c1. The maximum Gasteiger partial charge on any atom is 0.123 e. The van der Waals surface area contributed by atoms with Gasteiger partial charge in [-0.15, -0.1) is 5.10 Å². The highest BCUT2D eigenvalue weighted by Gasteiger charge is 2.15. The third-order valence-electron chi connectivity index (χ3n) is 3.37. The standard InChI is InChI=1S/C16H23FN4/c1-12(2)9-18-10-14(8-16-11-21(3)20-19-16)13-5-4-6-15(17)7-13/h4-7,11-12,14,18H,8-10H2,1-3H3. The minimum atomic E-state index is -0.194. The quantitative estimate of drug-likeness (QED) is 0.852. The molecule has 1 aromatic heterocycles. The molecule has 1 aromatic carbocycles. The smallest absolute Gasteiger partial charge is 0.123 e. The van der Waals surface area contributed by atoms with Crippen molar-refractivity contribution in [1.29, 1.82) is 0 Å². The monoisotopic (exact) mass is 290 g/mol. The van der Waals surface area contributed by atoms with Crippen molar-refractivity contribution < 1.29 is 4.39 Å². The fraction of sp³-hybridized carbons (Fsp3) is 0.500. The number of aryl methyl sites for hydroxylation is 1. The van der Waals surface area contributed by atoms with Gasteiger partial charge >= 0.3 is 0 Å². The summed E-state index contributed by atoms with van der Waals surface area (Å²) in [6.45, 7) is 6.10. The average molecular weight is 290 g/mol. The average Bonchev–Trinajstić information content (AvgIpc) is 2.83. The lowest BCUT2D eigenvalue weighted by atomic mass is 9.94. The first-order valence-electron chi connectivity index (χ1n) is 7.36. The van der Waals surface area contributed by atoms with E-state index in [-0.39, 0.29) is 11.7 Å². The fourth-order valence-corrected chi connectivity index (χ4v) is 2.36. The van der Waals surface area contributed by atoms with Gasteiger partial charge in [0.25, 0.3) is 0 Å². The topological polar surface area (TPSA) is 42.7 Å². The van der Waals surface area contributed by atoms with E-state index in [2.05, 4.69) is 29.5 Å². The van der Waals surface area contributed by atoms with E-state index < -0.39 is 0 Å². The fourth-order valence-electron chi connectivity index (χ4n) is 2.36. The van der Waals surface area contributed by atoms with E-state index in [0.717, 1.165) is 30.8 Å². The predicted molar refractivity (Wildman–Crippen MR) is 81.6 cm³/mol. The summed E-state index contributed by atoms with van der Waals surface area (Å²) in [6.07, 6.45) is 2.66. The van der Waals surface area contributed by atoms with E-state index in [1.807, 2.05) is 19.3 Å². The molecule has 0 radical (unpaired) electrons. The number of halogens is 1. The molecule has 0 aliphatic carbocycles. The van der Waals surface area contributed by atoms with Gasteiger partial charge in [-0.3, -0.25) is 4.68 Å². The van der Waals surface area contributed by atoms with Crippen molar-refractivity contribution in [1.82, 2.24) is 20.3 Å². The summed E-state index contributed by atoms with van der Waals surface area (Å²) in [5.74, 6) is 0.589. The van der Waals surface area contributed by atoms with Crippen LogP contribution in [0.3, 0.4) is 0 Å². The molecule has 1 N–H and O–H groups in total. The van der Waals surface area contributed by atoms with Crippen LogP contribution in [-0.4, -0.2) is 28.1 Å². The Bertz CT molecular complexity index is 565. The number of hydrogen-bond acceptors (Lipinski definition) is 3. The lowest BCUT2D eigenvalue weighted by molar-refractivity contribution is 0.510. The molecule has 1 heterocycles. The first-order valence-corrected chi connectivity index (χ1v) is 7.36. The molecule has 2 rings (SSSR count). The minimum Gasteiger partial charge on any atom is -0.316 e. The minimum absolute atomic E-state index is 0.191. The maximum atomic E-state index is 13.5. The number of aromatic nitrogens is 3. The van der Waals surface area contributed by atoms with E-state index in [1.54, 1.807) is 16.8 Å². The van der Waals surface area contributed by atoms with Gasteiger partial charge in [0.2, 0.25) is 0 Å². The van der Waals surface area contributed by atoms with Crippen LogP contribution in [0.2, 0.25) is 0 Å². The second-order valence-corrected chi connectivity index (χ2v) is 5.89. The molecule has 0 aliphatic rings. The highest BCUT2D eigenvalue weighted by Crippen LogP contribution is 2.20. The second-order valence-electron chi connectivity index (χ2n) is 5.89. The Hall–Kier alpha value is -1.75. The second kappa shape index (κ2) is 7.31. The van der Waals surface area contributed by atoms with Gasteiger partial charge in [0, 0.05) is 32.1 Å². The van der Waals surface area contributed by atoms with Crippen LogP contribution in [0.25, 0.3) is 0 Å². The largest absolute Gasteiger partial charge is 0.316 e. The summed E-state index contributed by atoms with van der Waals surface area (Å²) < 4.78 is 15.2. The van der Waals surface area contributed by atoms with Gasteiger partial charge in [-0.1, -0.05) is 31.2 Å². The van der Waals surface area contributed by atoms with Crippen LogP contribution >= 0.6 is 0 Å². The molecule has 2 aromatic rings. The first kappa shape index (κ1) is 15.6. The van der Waals surface area contributed by atoms with Gasteiger partial charge in [0.05, 0.1) is 5.69 Å². The van der Waals surface area contributed by atoms with Crippen molar-refractivity contribution in [2.24, 2.45) is 13.0 Å². The normalized spacial score (nSPS) is 12.8. The molecule has 0 saturated carbocycles. The van der Waals surface area contributed by atoms with Gasteiger partial charge in [-0.2, -0.15) is 0 Å². The molecule has 0 amide bonds. The van der Waals surface area contributed by atoms with Gasteiger partial charge in [0.1, 0.15) is 5.82 Å². The summed E-state index contributed by atoms with van der Waals surface area (Å²) in [5, 5.41) is 11.6. The van der Waals surface area contributed by atoms with Crippen molar-refractivity contribution in [3.63, 3.8) is 0 Å². The Balaban J connectivity index is 2.09. The lowest BCUT2D eigenvalue weighted by Crippen LogP contribution is -2.26. The highest BCUT2D eigenvalue weighted by atomic mass is 19.1. The lowest BCUT2D eigenvalue weighted by Gasteiger charge is -2.18. The van der Waals surface area contributed by atoms with Gasteiger partial charge in [-0.25, -0.2) is 4.39 Å². The van der Waals surface area contributed by atoms with Crippen LogP contribution in [0.1, 0.15) is 31.0 Å². The van der Waals surface area contributed by atoms with Crippen LogP contribution in [0.4, 0.5) is 4.39 Å². The third kappa shape index (κ3) is 4.93. The van der Waals surface area contributed by atoms with E-state index in [1.165, 1.54) is 6.07 Å². The van der Waals surface area contributed by atoms with Crippen molar-refractivity contribution in [3.8, 4) is 0 Å². The molecular formula is C16H23FN4. The maximum absolute atomic E-state index is 13.5. The van der Waals surface area contributed by atoms with E-state index in [9.17, 15) is 4.39 Å². The van der Waals surface area contributed by atoms with E-state index in [0.29, 0.717) is 5.92 Å². The zero-order valence-corrected chi connectivity index (χ0v) is 12.9. The molecule has 0 saturated heterocycles. The number of nitrogens with zero attached hydrogens (tertiary/aromatic N) is 3. The Morgan fingerprint density at radius 1 is 1.29 bits per heavy atom. The number of benzene rings is 1. The molecular weight excluding hydrogens is 267 g/mol. The van der Waals surface area contributed by atoms with Crippen LogP contribution in [0.5, 0.6) is 0 Å². The Morgan fingerprint density at radius 3 is 2.71 bits per heavy atom. The number of nitrogens with one attached hydrogen (secondary N) is 1. The van der Waals surface area contributed by atoms with Crippen molar-refractivity contribution >= 4 is 0 Å². The van der Waals surface area contributed by atoms with Crippen LogP contribution in [0, 0.1) is 11.7 Å². The zero-order valence-electron chi connectivity index (χ0n) is 12.9. The van der Waals surface area contributed by atoms with Crippen LogP contribution < -0.4 is 5.32 Å². The molecule has 1 unspecified atom stereocenters. The van der Waals surface area contributed by atoms with E-state index in [4.69, 9.17) is 0 Å². The summed E-state index contributed by atoms with van der Waals surface area (Å²) >= 11 is 0. The summed E-state index contributed by atoms with van der Waals surface area (Å²) in [6, 6.07) is 6.82. The third-order valence-corrected chi connectivity index (χ3v) is 3.37. The molecule has 0 spiro atoms. The van der Waals surface area contributed by atoms with Gasteiger partial charge in [0.15, 0.2) is 0 Å². The summed E-state index contributed by atoms with van der Waals surface area (Å²) in [5.41, 5.74) is 1.93. The zero-order chi connectivity index (χ0) is 15.2. The summed E-state index contributed by atoms with van der Waals surface area (Å²) in [4.78, 5) is 0. The molecule has 4 nitrogen and oxygen atoms in total. The van der Waals surface area contributed by atoms with Crippen molar-refractivity contribution in [3.05, 3.63) is 47.5 Å². The van der Waals surface area contributed by atoms with Crippen molar-refractivity contribution in [2.75, 3.05) is 13.1 Å². The van der Waals surface area contributed by atoms with Crippen LogP contribution in [-0.2, 0) is 13.5 Å². The highest BCUT2D eigenvalue weighted by molar-refractivity contribution is 5.22.